The zero-order valence-corrected chi connectivity index (χ0v) is 10.4. The van der Waals surface area contributed by atoms with Gasteiger partial charge < -0.3 is 14.5 Å². The molecule has 0 atom stereocenters. The highest BCUT2D eigenvalue weighted by atomic mass is 19.1. The van der Waals surface area contributed by atoms with Crippen LogP contribution in [0.2, 0.25) is 0 Å². The molecule has 19 heavy (non-hydrogen) atoms. The van der Waals surface area contributed by atoms with Crippen molar-refractivity contribution in [3.8, 4) is 5.75 Å². The van der Waals surface area contributed by atoms with Gasteiger partial charge in [0.25, 0.3) is 5.91 Å². The van der Waals surface area contributed by atoms with E-state index in [0.717, 1.165) is 0 Å². The lowest BCUT2D eigenvalue weighted by Crippen LogP contribution is -2.28. The van der Waals surface area contributed by atoms with Gasteiger partial charge in [-0.05, 0) is 19.1 Å². The highest BCUT2D eigenvalue weighted by Gasteiger charge is 2.06. The molecule has 6 heteroatoms. The summed E-state index contributed by atoms with van der Waals surface area (Å²) >= 11 is 0. The van der Waals surface area contributed by atoms with Crippen molar-refractivity contribution < 1.29 is 18.3 Å². The van der Waals surface area contributed by atoms with Crippen molar-refractivity contribution in [3.05, 3.63) is 47.9 Å². The lowest BCUT2D eigenvalue weighted by Gasteiger charge is -2.06. The van der Waals surface area contributed by atoms with Gasteiger partial charge in [-0.3, -0.25) is 4.79 Å². The number of oxazole rings is 1. The van der Waals surface area contributed by atoms with E-state index in [1.54, 1.807) is 19.2 Å². The van der Waals surface area contributed by atoms with Crippen LogP contribution in [0.5, 0.6) is 5.75 Å². The average Bonchev–Trinajstić information content (AvgIpc) is 2.80. The number of carbonyl (C=O) groups excluding carboxylic acids is 1. The first-order valence-electron chi connectivity index (χ1n) is 5.70. The smallest absolute Gasteiger partial charge is 0.258 e. The van der Waals surface area contributed by atoms with Crippen molar-refractivity contribution in [1.29, 1.82) is 0 Å². The van der Waals surface area contributed by atoms with Gasteiger partial charge >= 0.3 is 0 Å². The molecule has 0 aliphatic heterocycles. The summed E-state index contributed by atoms with van der Waals surface area (Å²) in [6.45, 7) is 1.77. The largest absolute Gasteiger partial charge is 0.484 e. The minimum atomic E-state index is -0.409. The van der Waals surface area contributed by atoms with E-state index in [9.17, 15) is 9.18 Å². The molecule has 1 aromatic heterocycles. The lowest BCUT2D eigenvalue weighted by atomic mass is 10.3. The van der Waals surface area contributed by atoms with E-state index in [0.29, 0.717) is 17.4 Å². The van der Waals surface area contributed by atoms with Crippen LogP contribution in [-0.4, -0.2) is 17.5 Å². The molecule has 100 valence electrons. The number of aromatic nitrogens is 1. The molecule has 1 amide bonds. The molecule has 0 unspecified atom stereocenters. The summed E-state index contributed by atoms with van der Waals surface area (Å²) < 4.78 is 23.2. The molecule has 0 aliphatic rings. The quantitative estimate of drug-likeness (QED) is 0.894. The van der Waals surface area contributed by atoms with Crippen molar-refractivity contribution in [3.63, 3.8) is 0 Å². The maximum Gasteiger partial charge on any atom is 0.258 e. The monoisotopic (exact) mass is 264 g/mol. The van der Waals surface area contributed by atoms with E-state index in [1.807, 2.05) is 0 Å². The molecule has 0 bridgehead atoms. The summed E-state index contributed by atoms with van der Waals surface area (Å²) in [7, 11) is 0. The molecule has 0 fully saturated rings. The van der Waals surface area contributed by atoms with Crippen LogP contribution in [0.15, 0.2) is 34.9 Å². The molecular weight excluding hydrogens is 251 g/mol. The second kappa shape index (κ2) is 5.99. The standard InChI is InChI=1S/C13H13FN2O3/c1-9-6-16-13(19-9)7-15-12(17)8-18-11-4-2-3-10(14)5-11/h2-6H,7-8H2,1H3,(H,15,17). The van der Waals surface area contributed by atoms with E-state index in [2.05, 4.69) is 10.3 Å². The fourth-order valence-corrected chi connectivity index (χ4v) is 1.41. The number of aryl methyl sites for hydroxylation is 1. The molecule has 0 aliphatic carbocycles. The Balaban J connectivity index is 1.75. The maximum absolute atomic E-state index is 12.9. The molecule has 1 heterocycles. The number of carbonyl (C=O) groups is 1. The molecule has 2 rings (SSSR count). The summed E-state index contributed by atoms with van der Waals surface area (Å²) in [4.78, 5) is 15.4. The summed E-state index contributed by atoms with van der Waals surface area (Å²) in [6, 6.07) is 5.61. The predicted molar refractivity (Wildman–Crippen MR) is 65.0 cm³/mol. The van der Waals surface area contributed by atoms with Crippen LogP contribution < -0.4 is 10.1 Å². The normalized spacial score (nSPS) is 10.2. The summed E-state index contributed by atoms with van der Waals surface area (Å²) in [5, 5.41) is 2.58. The van der Waals surface area contributed by atoms with E-state index in [1.165, 1.54) is 18.2 Å². The van der Waals surface area contributed by atoms with E-state index in [4.69, 9.17) is 9.15 Å². The van der Waals surface area contributed by atoms with E-state index >= 15 is 0 Å². The second-order valence-electron chi connectivity index (χ2n) is 3.89. The predicted octanol–water partition coefficient (Wildman–Crippen LogP) is 1.82. The number of nitrogens with zero attached hydrogens (tertiary/aromatic N) is 1. The molecule has 0 saturated heterocycles. The number of hydrogen-bond acceptors (Lipinski definition) is 4. The van der Waals surface area contributed by atoms with Gasteiger partial charge in [0.05, 0.1) is 12.7 Å². The minimum Gasteiger partial charge on any atom is -0.484 e. The van der Waals surface area contributed by atoms with Crippen molar-refractivity contribution in [1.82, 2.24) is 10.3 Å². The number of ether oxygens (including phenoxy) is 1. The molecular formula is C13H13FN2O3. The van der Waals surface area contributed by atoms with Crippen LogP contribution in [0, 0.1) is 12.7 Å². The third-order valence-electron chi connectivity index (χ3n) is 2.27. The number of benzene rings is 1. The number of rotatable bonds is 5. The first-order chi connectivity index (χ1) is 9.13. The Morgan fingerprint density at radius 1 is 1.53 bits per heavy atom. The molecule has 0 saturated carbocycles. The Kier molecular flexibility index (Phi) is 4.12. The number of hydrogen-bond donors (Lipinski definition) is 1. The third kappa shape index (κ3) is 4.09. The van der Waals surface area contributed by atoms with Crippen molar-refractivity contribution >= 4 is 5.91 Å². The van der Waals surface area contributed by atoms with Crippen molar-refractivity contribution in [2.24, 2.45) is 0 Å². The van der Waals surface area contributed by atoms with Gasteiger partial charge in [-0.15, -0.1) is 0 Å². The second-order valence-corrected chi connectivity index (χ2v) is 3.89. The highest BCUT2D eigenvalue weighted by molar-refractivity contribution is 5.77. The van der Waals surface area contributed by atoms with Gasteiger partial charge in [0, 0.05) is 6.07 Å². The summed E-state index contributed by atoms with van der Waals surface area (Å²) in [5.74, 6) is 0.673. The Labute approximate surface area is 109 Å². The number of nitrogens with one attached hydrogen (secondary N) is 1. The fourth-order valence-electron chi connectivity index (χ4n) is 1.41. The number of amides is 1. The van der Waals surface area contributed by atoms with Crippen LogP contribution in [0.1, 0.15) is 11.7 Å². The number of halogens is 1. The minimum absolute atomic E-state index is 0.191. The van der Waals surface area contributed by atoms with Gasteiger partial charge in [-0.1, -0.05) is 6.07 Å². The Bertz CT molecular complexity index is 569. The fraction of sp³-hybridized carbons (Fsp3) is 0.231. The highest BCUT2D eigenvalue weighted by Crippen LogP contribution is 2.11. The Hall–Kier alpha value is -2.37. The molecule has 2 aromatic rings. The molecule has 1 aromatic carbocycles. The SMILES string of the molecule is Cc1cnc(CNC(=O)COc2cccc(F)c2)o1. The van der Waals surface area contributed by atoms with Gasteiger partial charge in [0.15, 0.2) is 6.61 Å². The topological polar surface area (TPSA) is 64.4 Å². The van der Waals surface area contributed by atoms with Crippen LogP contribution in [0.25, 0.3) is 0 Å². The lowest BCUT2D eigenvalue weighted by molar-refractivity contribution is -0.123. The molecule has 5 nitrogen and oxygen atoms in total. The van der Waals surface area contributed by atoms with Gasteiger partial charge in [-0.2, -0.15) is 0 Å². The molecule has 1 N–H and O–H groups in total. The Morgan fingerprint density at radius 2 is 2.37 bits per heavy atom. The van der Waals surface area contributed by atoms with Crippen molar-refractivity contribution in [2.75, 3.05) is 6.61 Å². The van der Waals surface area contributed by atoms with Gasteiger partial charge in [-0.25, -0.2) is 9.37 Å². The molecule has 0 radical (unpaired) electrons. The van der Waals surface area contributed by atoms with Gasteiger partial charge in [0.1, 0.15) is 17.3 Å². The summed E-state index contributed by atoms with van der Waals surface area (Å²) in [6.07, 6.45) is 1.57. The van der Waals surface area contributed by atoms with Crippen LogP contribution >= 0.6 is 0 Å². The van der Waals surface area contributed by atoms with Crippen molar-refractivity contribution in [2.45, 2.75) is 13.5 Å². The maximum atomic E-state index is 12.9. The first kappa shape index (κ1) is 13.1. The van der Waals surface area contributed by atoms with E-state index in [-0.39, 0.29) is 19.1 Å². The van der Waals surface area contributed by atoms with E-state index < -0.39 is 5.82 Å². The summed E-state index contributed by atoms with van der Waals surface area (Å²) in [5.41, 5.74) is 0. The zero-order chi connectivity index (χ0) is 13.7. The third-order valence-corrected chi connectivity index (χ3v) is 2.27. The molecule has 0 spiro atoms. The van der Waals surface area contributed by atoms with Gasteiger partial charge in [0.2, 0.25) is 5.89 Å². The average molecular weight is 264 g/mol. The van der Waals surface area contributed by atoms with Crippen LogP contribution in [0.4, 0.5) is 4.39 Å². The zero-order valence-electron chi connectivity index (χ0n) is 10.4. The Morgan fingerprint density at radius 3 is 3.05 bits per heavy atom. The van der Waals surface area contributed by atoms with Crippen LogP contribution in [-0.2, 0) is 11.3 Å². The first-order valence-corrected chi connectivity index (χ1v) is 5.70. The van der Waals surface area contributed by atoms with Crippen LogP contribution in [0.3, 0.4) is 0 Å².